The molecule has 1 N–H and O–H groups in total. The molecule has 0 spiro atoms. The van der Waals surface area contributed by atoms with E-state index in [-0.39, 0.29) is 5.41 Å². The number of fused-ring (bicyclic) bond motifs is 1. The van der Waals surface area contributed by atoms with Crippen LogP contribution >= 0.6 is 0 Å². The number of rotatable bonds is 4. The normalized spacial score (nSPS) is 28.3. The number of methoxy groups -OCH3 is 2. The molecule has 1 fully saturated rings. The first kappa shape index (κ1) is 14.5. The number of benzene rings is 1. The lowest BCUT2D eigenvalue weighted by Crippen LogP contribution is -2.35. The van der Waals surface area contributed by atoms with Crippen molar-refractivity contribution in [2.24, 2.45) is 0 Å². The Labute approximate surface area is 127 Å². The van der Waals surface area contributed by atoms with Gasteiger partial charge < -0.3 is 19.7 Å². The molecule has 1 saturated heterocycles. The van der Waals surface area contributed by atoms with Crippen molar-refractivity contribution in [2.75, 3.05) is 39.7 Å². The standard InChI is InChI=1S/C17H26N2O2/c1-17(10-12-6-5-7-19(12)2)11-18-16-14(17)8-13(20-3)9-15(16)21-4/h8-9,12,18H,5-7,10-11H2,1-4H3/t12-,17?/m1/s1. The SMILES string of the molecule is COc1cc(OC)c2c(c1)C(C)(C[C@H]1CCCN1C)CN2. The highest BCUT2D eigenvalue weighted by Gasteiger charge is 2.40. The van der Waals surface area contributed by atoms with Crippen molar-refractivity contribution in [2.45, 2.75) is 37.6 Å². The Morgan fingerprint density at radius 1 is 1.33 bits per heavy atom. The maximum Gasteiger partial charge on any atom is 0.145 e. The van der Waals surface area contributed by atoms with Crippen LogP contribution in [0.25, 0.3) is 0 Å². The predicted octanol–water partition coefficient (Wildman–Crippen LogP) is 2.87. The molecule has 3 rings (SSSR count). The zero-order chi connectivity index (χ0) is 15.0. The molecule has 1 aromatic carbocycles. The number of hydrogen-bond acceptors (Lipinski definition) is 4. The molecule has 0 amide bonds. The van der Waals surface area contributed by atoms with E-state index in [0.29, 0.717) is 6.04 Å². The van der Waals surface area contributed by atoms with Gasteiger partial charge >= 0.3 is 0 Å². The van der Waals surface area contributed by atoms with Crippen molar-refractivity contribution in [3.8, 4) is 11.5 Å². The summed E-state index contributed by atoms with van der Waals surface area (Å²) in [6, 6.07) is 4.81. The molecular weight excluding hydrogens is 264 g/mol. The van der Waals surface area contributed by atoms with Gasteiger partial charge in [0.05, 0.1) is 19.9 Å². The summed E-state index contributed by atoms with van der Waals surface area (Å²) < 4.78 is 11.0. The topological polar surface area (TPSA) is 33.7 Å². The van der Waals surface area contributed by atoms with Crippen LogP contribution in [0.3, 0.4) is 0 Å². The molecule has 21 heavy (non-hydrogen) atoms. The Balaban J connectivity index is 1.94. The summed E-state index contributed by atoms with van der Waals surface area (Å²) in [5, 5.41) is 3.55. The molecule has 4 nitrogen and oxygen atoms in total. The van der Waals surface area contributed by atoms with Crippen molar-refractivity contribution >= 4 is 5.69 Å². The second-order valence-electron chi connectivity index (χ2n) is 6.65. The van der Waals surface area contributed by atoms with Crippen molar-refractivity contribution in [3.05, 3.63) is 17.7 Å². The Morgan fingerprint density at radius 2 is 2.14 bits per heavy atom. The summed E-state index contributed by atoms with van der Waals surface area (Å²) in [5.74, 6) is 1.76. The van der Waals surface area contributed by atoms with E-state index in [1.54, 1.807) is 14.2 Å². The van der Waals surface area contributed by atoms with Crippen molar-refractivity contribution in [3.63, 3.8) is 0 Å². The lowest BCUT2D eigenvalue weighted by atomic mass is 9.78. The highest BCUT2D eigenvalue weighted by atomic mass is 16.5. The number of likely N-dealkylation sites (tertiary alicyclic amines) is 1. The molecular formula is C17H26N2O2. The second kappa shape index (κ2) is 5.41. The van der Waals surface area contributed by atoms with Gasteiger partial charge in [-0.15, -0.1) is 0 Å². The summed E-state index contributed by atoms with van der Waals surface area (Å²) in [5.41, 5.74) is 2.61. The minimum atomic E-state index is 0.139. The average Bonchev–Trinajstić information content (AvgIpc) is 3.03. The van der Waals surface area contributed by atoms with Crippen LogP contribution in [0.4, 0.5) is 5.69 Å². The van der Waals surface area contributed by atoms with Gasteiger partial charge in [0.25, 0.3) is 0 Å². The average molecular weight is 290 g/mol. The number of anilines is 1. The molecule has 1 aromatic rings. The third kappa shape index (κ3) is 2.46. The molecule has 2 heterocycles. The monoisotopic (exact) mass is 290 g/mol. The zero-order valence-corrected chi connectivity index (χ0v) is 13.5. The summed E-state index contributed by atoms with van der Waals surface area (Å²) in [7, 11) is 5.68. The van der Waals surface area contributed by atoms with Crippen LogP contribution in [0.2, 0.25) is 0 Å². The Kier molecular flexibility index (Phi) is 3.74. The maximum atomic E-state index is 5.53. The molecule has 116 valence electrons. The fraction of sp³-hybridized carbons (Fsp3) is 0.647. The third-order valence-electron chi connectivity index (χ3n) is 5.19. The molecule has 0 aliphatic carbocycles. The summed E-state index contributed by atoms with van der Waals surface area (Å²) >= 11 is 0. The molecule has 0 saturated carbocycles. The number of nitrogens with zero attached hydrogens (tertiary/aromatic N) is 1. The minimum Gasteiger partial charge on any atom is -0.497 e. The number of nitrogens with one attached hydrogen (secondary N) is 1. The molecule has 2 aliphatic heterocycles. The molecule has 0 aromatic heterocycles. The molecule has 4 heteroatoms. The molecule has 2 atom stereocenters. The van der Waals surface area contributed by atoms with E-state index in [1.807, 2.05) is 6.07 Å². The largest absolute Gasteiger partial charge is 0.497 e. The van der Waals surface area contributed by atoms with Gasteiger partial charge in [-0.1, -0.05) is 6.92 Å². The van der Waals surface area contributed by atoms with E-state index in [0.717, 1.165) is 23.7 Å². The smallest absolute Gasteiger partial charge is 0.145 e. The van der Waals surface area contributed by atoms with Crippen LogP contribution in [0, 0.1) is 0 Å². The fourth-order valence-corrected chi connectivity index (χ4v) is 3.85. The van der Waals surface area contributed by atoms with Crippen molar-refractivity contribution < 1.29 is 9.47 Å². The molecule has 0 bridgehead atoms. The predicted molar refractivity (Wildman–Crippen MR) is 85.7 cm³/mol. The highest BCUT2D eigenvalue weighted by Crippen LogP contribution is 2.47. The van der Waals surface area contributed by atoms with Gasteiger partial charge in [0.2, 0.25) is 0 Å². The van der Waals surface area contributed by atoms with Crippen LogP contribution < -0.4 is 14.8 Å². The Morgan fingerprint density at radius 3 is 2.76 bits per heavy atom. The fourth-order valence-electron chi connectivity index (χ4n) is 3.85. The van der Waals surface area contributed by atoms with Gasteiger partial charge in [-0.2, -0.15) is 0 Å². The van der Waals surface area contributed by atoms with E-state index in [1.165, 1.54) is 31.4 Å². The van der Waals surface area contributed by atoms with Gasteiger partial charge in [0, 0.05) is 24.1 Å². The molecule has 0 radical (unpaired) electrons. The molecule has 2 aliphatic rings. The quantitative estimate of drug-likeness (QED) is 0.924. The van der Waals surface area contributed by atoms with Crippen molar-refractivity contribution in [1.82, 2.24) is 4.90 Å². The lowest BCUT2D eigenvalue weighted by Gasteiger charge is -2.31. The van der Waals surface area contributed by atoms with Crippen LogP contribution in [0.15, 0.2) is 12.1 Å². The Hall–Kier alpha value is -1.42. The molecule has 1 unspecified atom stereocenters. The lowest BCUT2D eigenvalue weighted by molar-refractivity contribution is 0.254. The Bertz CT molecular complexity index is 532. The van der Waals surface area contributed by atoms with E-state index >= 15 is 0 Å². The summed E-state index contributed by atoms with van der Waals surface area (Å²) in [6.45, 7) is 4.55. The van der Waals surface area contributed by atoms with Gasteiger partial charge in [-0.05, 0) is 44.5 Å². The number of hydrogen-bond donors (Lipinski definition) is 1. The summed E-state index contributed by atoms with van der Waals surface area (Å²) in [4.78, 5) is 2.50. The van der Waals surface area contributed by atoms with Crippen molar-refractivity contribution in [1.29, 1.82) is 0 Å². The highest BCUT2D eigenvalue weighted by molar-refractivity contribution is 5.70. The van der Waals surface area contributed by atoms with Gasteiger partial charge in [-0.25, -0.2) is 0 Å². The summed E-state index contributed by atoms with van der Waals surface area (Å²) in [6.07, 6.45) is 3.81. The third-order valence-corrected chi connectivity index (χ3v) is 5.19. The van der Waals surface area contributed by atoms with Gasteiger partial charge in [0.15, 0.2) is 0 Å². The van der Waals surface area contributed by atoms with Gasteiger partial charge in [0.1, 0.15) is 11.5 Å². The second-order valence-corrected chi connectivity index (χ2v) is 6.65. The minimum absolute atomic E-state index is 0.139. The van der Waals surface area contributed by atoms with Crippen LogP contribution in [0.5, 0.6) is 11.5 Å². The van der Waals surface area contributed by atoms with E-state index < -0.39 is 0 Å². The van der Waals surface area contributed by atoms with Crippen LogP contribution in [-0.4, -0.2) is 45.3 Å². The van der Waals surface area contributed by atoms with Gasteiger partial charge in [-0.3, -0.25) is 0 Å². The van der Waals surface area contributed by atoms with E-state index in [4.69, 9.17) is 9.47 Å². The van der Waals surface area contributed by atoms with E-state index in [2.05, 4.69) is 30.3 Å². The van der Waals surface area contributed by atoms with Crippen LogP contribution in [-0.2, 0) is 5.41 Å². The maximum absolute atomic E-state index is 5.53. The van der Waals surface area contributed by atoms with E-state index in [9.17, 15) is 0 Å². The van der Waals surface area contributed by atoms with Crippen LogP contribution in [0.1, 0.15) is 31.7 Å². The first-order valence-corrected chi connectivity index (χ1v) is 7.78. The zero-order valence-electron chi connectivity index (χ0n) is 13.5. The first-order valence-electron chi connectivity index (χ1n) is 7.78. The number of ether oxygens (including phenoxy) is 2. The first-order chi connectivity index (χ1) is 10.1.